The lowest BCUT2D eigenvalue weighted by Crippen LogP contribution is -2.47. The molecule has 1 atom stereocenters. The number of carbonyl (C=O) groups is 6. The molecule has 0 aliphatic carbocycles. The Morgan fingerprint density at radius 1 is 0.942 bits per heavy atom. The summed E-state index contributed by atoms with van der Waals surface area (Å²) in [6.45, 7) is 0.0347. The number of phenols is 1. The average molecular weight is 718 g/mol. The summed E-state index contributed by atoms with van der Waals surface area (Å²) in [5.74, 6) is -6.20. The molecule has 0 radical (unpaired) electrons. The van der Waals surface area contributed by atoms with Crippen molar-refractivity contribution in [2.75, 3.05) is 11.9 Å². The number of nitrogens with two attached hydrogens (primary N) is 1. The highest BCUT2D eigenvalue weighted by Gasteiger charge is 2.33. The third kappa shape index (κ3) is 9.12. The summed E-state index contributed by atoms with van der Waals surface area (Å²) in [4.78, 5) is 75.8. The minimum absolute atomic E-state index is 0.0224. The van der Waals surface area contributed by atoms with Crippen molar-refractivity contribution in [2.24, 2.45) is 5.73 Å². The molecule has 17 nitrogen and oxygen atoms in total. The third-order valence-electron chi connectivity index (χ3n) is 8.18. The van der Waals surface area contributed by atoms with Crippen LogP contribution in [0.5, 0.6) is 23.0 Å². The number of ether oxygens (including phenoxy) is 3. The maximum absolute atomic E-state index is 14.1. The summed E-state index contributed by atoms with van der Waals surface area (Å²) in [5.41, 5.74) is 7.39. The van der Waals surface area contributed by atoms with Gasteiger partial charge in [0.25, 0.3) is 5.91 Å². The molecule has 9 N–H and O–H groups in total. The maximum atomic E-state index is 14.1. The molecule has 3 aromatic rings. The number of phenolic OH excluding ortho intramolecular Hbond substituents is 1. The highest BCUT2D eigenvalue weighted by atomic mass is 16.6. The molecule has 0 unspecified atom stereocenters. The standard InChI is InChI=1S/C35H35N5O12/c36-35(37)39-20-6-8-23-18(12-20)2-1-11-50-31-25(51-33(23)48)9-4-17(5-10-27(42)38-21(14-28(43)44)15-29(45)46)30(31)32(47)40-24-13-19-3-7-22(41)16-26(19)52-34(24)49/h3-4,6-9,12,16,21,24,41H,1-2,5,10-11,13-15H2,(H,38,42)(H,40,47)(H,43,44)(H,45,46)(H4,36,37,39)/t24-/m0/s1. The number of carboxylic acid groups (broad SMARTS) is 2. The zero-order valence-corrected chi connectivity index (χ0v) is 27.5. The van der Waals surface area contributed by atoms with E-state index >= 15 is 0 Å². The molecule has 272 valence electrons. The van der Waals surface area contributed by atoms with Crippen LogP contribution in [0.2, 0.25) is 0 Å². The van der Waals surface area contributed by atoms with Crippen LogP contribution in [0.25, 0.3) is 0 Å². The van der Waals surface area contributed by atoms with E-state index in [-0.39, 0.29) is 71.5 Å². The first kappa shape index (κ1) is 36.6. The summed E-state index contributed by atoms with van der Waals surface area (Å²) >= 11 is 0. The van der Waals surface area contributed by atoms with Gasteiger partial charge in [-0.25, -0.2) is 9.59 Å². The highest BCUT2D eigenvalue weighted by molar-refractivity contribution is 6.02. The first-order valence-electron chi connectivity index (χ1n) is 16.1. The van der Waals surface area contributed by atoms with Crippen molar-refractivity contribution in [3.8, 4) is 23.0 Å². The van der Waals surface area contributed by atoms with E-state index in [9.17, 15) is 33.9 Å². The van der Waals surface area contributed by atoms with E-state index in [0.717, 1.165) is 0 Å². The van der Waals surface area contributed by atoms with Gasteiger partial charge in [-0.15, -0.1) is 0 Å². The van der Waals surface area contributed by atoms with Crippen molar-refractivity contribution in [2.45, 2.75) is 57.0 Å². The number of aromatic hydroxyl groups is 1. The highest BCUT2D eigenvalue weighted by Crippen LogP contribution is 2.37. The minimum Gasteiger partial charge on any atom is -0.508 e. The Bertz CT molecular complexity index is 1950. The van der Waals surface area contributed by atoms with Crippen LogP contribution in [0, 0.1) is 5.41 Å². The van der Waals surface area contributed by atoms with E-state index in [0.29, 0.717) is 29.7 Å². The number of anilines is 1. The molecule has 17 heteroatoms. The zero-order valence-electron chi connectivity index (χ0n) is 27.5. The van der Waals surface area contributed by atoms with Gasteiger partial charge in [0.15, 0.2) is 17.5 Å². The molecular weight excluding hydrogens is 682 g/mol. The Hall–Kier alpha value is -6.65. The predicted molar refractivity (Wildman–Crippen MR) is 181 cm³/mol. The maximum Gasteiger partial charge on any atom is 0.343 e. The van der Waals surface area contributed by atoms with Crippen LogP contribution in [0.4, 0.5) is 5.69 Å². The molecule has 0 spiro atoms. The number of aliphatic carboxylic acids is 2. The van der Waals surface area contributed by atoms with Gasteiger partial charge in [-0.05, 0) is 66.3 Å². The van der Waals surface area contributed by atoms with E-state index in [2.05, 4.69) is 16.0 Å². The van der Waals surface area contributed by atoms with E-state index in [1.807, 2.05) is 0 Å². The normalized spacial score (nSPS) is 15.0. The number of guanidine groups is 1. The molecule has 0 saturated heterocycles. The van der Waals surface area contributed by atoms with Gasteiger partial charge < -0.3 is 51.2 Å². The number of benzene rings is 3. The lowest BCUT2D eigenvalue weighted by atomic mass is 9.97. The number of rotatable bonds is 11. The van der Waals surface area contributed by atoms with E-state index in [1.165, 1.54) is 30.3 Å². The monoisotopic (exact) mass is 717 g/mol. The summed E-state index contributed by atoms with van der Waals surface area (Å²) in [6.07, 6.45) is -0.952. The fourth-order valence-corrected chi connectivity index (χ4v) is 5.88. The fraction of sp³-hybridized carbons (Fsp3) is 0.286. The number of carbonyl (C=O) groups excluding carboxylic acids is 4. The molecule has 2 aliphatic heterocycles. The van der Waals surface area contributed by atoms with Crippen molar-refractivity contribution < 1.29 is 58.3 Å². The largest absolute Gasteiger partial charge is 0.508 e. The topological polar surface area (TPSA) is 277 Å². The van der Waals surface area contributed by atoms with Gasteiger partial charge >= 0.3 is 23.9 Å². The van der Waals surface area contributed by atoms with Gasteiger partial charge in [-0.1, -0.05) is 12.1 Å². The van der Waals surface area contributed by atoms with E-state index in [4.69, 9.17) is 35.6 Å². The lowest BCUT2D eigenvalue weighted by Gasteiger charge is -2.26. The smallest absolute Gasteiger partial charge is 0.343 e. The second-order valence-corrected chi connectivity index (χ2v) is 12.1. The van der Waals surface area contributed by atoms with Crippen LogP contribution in [0.1, 0.15) is 63.1 Å². The Labute approximate surface area is 295 Å². The molecule has 3 aromatic carbocycles. The first-order chi connectivity index (χ1) is 24.8. The Kier molecular flexibility index (Phi) is 11.2. The molecular formula is C35H35N5O12. The number of nitrogens with one attached hydrogen (secondary N) is 4. The molecule has 5 rings (SSSR count). The van der Waals surface area contributed by atoms with Gasteiger partial charge in [-0.2, -0.15) is 0 Å². The lowest BCUT2D eigenvalue weighted by molar-refractivity contribution is -0.140. The quantitative estimate of drug-likeness (QED) is 0.0609. The number of amides is 2. The number of carboxylic acids is 2. The average Bonchev–Trinajstić information content (AvgIpc) is 3.05. The van der Waals surface area contributed by atoms with Gasteiger partial charge in [0.1, 0.15) is 17.5 Å². The molecule has 0 saturated carbocycles. The Morgan fingerprint density at radius 2 is 1.69 bits per heavy atom. The van der Waals surface area contributed by atoms with Gasteiger partial charge in [0.2, 0.25) is 5.91 Å². The van der Waals surface area contributed by atoms with Gasteiger partial charge in [-0.3, -0.25) is 24.6 Å². The minimum atomic E-state index is -1.30. The van der Waals surface area contributed by atoms with E-state index < -0.39 is 60.6 Å². The SMILES string of the molecule is N=C(N)Nc1ccc2c(c1)CCCOc1c(ccc(CCC(=O)NC(CC(=O)O)CC(=O)O)c1C(=O)N[C@H]1Cc3ccc(O)cc3OC1=O)OC2=O. The number of hydrogen-bond donors (Lipinski definition) is 8. The third-order valence-corrected chi connectivity index (χ3v) is 8.18. The van der Waals surface area contributed by atoms with Crippen LogP contribution in [0.15, 0.2) is 48.5 Å². The van der Waals surface area contributed by atoms with Gasteiger partial charge in [0.05, 0.1) is 30.6 Å². The summed E-state index contributed by atoms with van der Waals surface area (Å²) in [7, 11) is 0. The predicted octanol–water partition coefficient (Wildman–Crippen LogP) is 1.87. The van der Waals surface area contributed by atoms with Gasteiger partial charge in [0, 0.05) is 30.6 Å². The van der Waals surface area contributed by atoms with Crippen LogP contribution >= 0.6 is 0 Å². The fourth-order valence-electron chi connectivity index (χ4n) is 5.88. The second kappa shape index (κ2) is 15.9. The van der Waals surface area contributed by atoms with Crippen molar-refractivity contribution in [3.63, 3.8) is 0 Å². The Balaban J connectivity index is 1.46. The first-order valence-corrected chi connectivity index (χ1v) is 16.1. The molecule has 0 bridgehead atoms. The van der Waals surface area contributed by atoms with Crippen LogP contribution in [0.3, 0.4) is 0 Å². The molecule has 2 aliphatic rings. The zero-order chi connectivity index (χ0) is 37.5. The van der Waals surface area contributed by atoms with Crippen LogP contribution in [-0.4, -0.2) is 75.7 Å². The van der Waals surface area contributed by atoms with Crippen molar-refractivity contribution in [1.29, 1.82) is 5.41 Å². The molecule has 0 fully saturated rings. The Morgan fingerprint density at radius 3 is 2.40 bits per heavy atom. The van der Waals surface area contributed by atoms with Crippen molar-refractivity contribution >= 4 is 47.3 Å². The molecule has 2 amide bonds. The number of fused-ring (bicyclic) bond motifs is 3. The van der Waals surface area contributed by atoms with Crippen molar-refractivity contribution in [3.05, 3.63) is 76.3 Å². The number of aryl methyl sites for hydroxylation is 2. The molecule has 0 aromatic heterocycles. The molecule has 52 heavy (non-hydrogen) atoms. The van der Waals surface area contributed by atoms with Crippen LogP contribution in [-0.2, 0) is 38.4 Å². The second-order valence-electron chi connectivity index (χ2n) is 12.1. The van der Waals surface area contributed by atoms with E-state index in [1.54, 1.807) is 18.2 Å². The summed E-state index contributed by atoms with van der Waals surface area (Å²) in [5, 5.41) is 43.3. The summed E-state index contributed by atoms with van der Waals surface area (Å²) in [6, 6.07) is 9.43. The van der Waals surface area contributed by atoms with Crippen molar-refractivity contribution in [1.82, 2.24) is 10.6 Å². The summed E-state index contributed by atoms with van der Waals surface area (Å²) < 4.78 is 17.2. The van der Waals surface area contributed by atoms with Crippen LogP contribution < -0.4 is 35.9 Å². The number of esters is 2. The number of hydrogen-bond acceptors (Lipinski definition) is 11. The molecule has 2 heterocycles.